The summed E-state index contributed by atoms with van der Waals surface area (Å²) in [4.78, 5) is 23.9. The van der Waals surface area contributed by atoms with E-state index < -0.39 is 5.97 Å². The number of hydrogen-bond donors (Lipinski definition) is 3. The van der Waals surface area contributed by atoms with Gasteiger partial charge in [-0.05, 0) is 30.3 Å². The minimum absolute atomic E-state index is 0.184. The van der Waals surface area contributed by atoms with Crippen LogP contribution >= 0.6 is 11.3 Å². The highest BCUT2D eigenvalue weighted by Gasteiger charge is 2.16. The van der Waals surface area contributed by atoms with Gasteiger partial charge in [-0.1, -0.05) is 0 Å². The lowest BCUT2D eigenvalue weighted by atomic mass is 10.2. The number of hydrogen-bond acceptors (Lipinski definition) is 5. The molecule has 3 rings (SSSR count). The molecule has 0 saturated heterocycles. The zero-order valence-electron chi connectivity index (χ0n) is 11.4. The van der Waals surface area contributed by atoms with Crippen molar-refractivity contribution in [2.45, 2.75) is 0 Å². The fourth-order valence-corrected chi connectivity index (χ4v) is 2.78. The van der Waals surface area contributed by atoms with Gasteiger partial charge in [0.25, 0.3) is 5.91 Å². The van der Waals surface area contributed by atoms with Crippen LogP contribution < -0.4 is 10.1 Å². The number of aromatic amines is 1. The standard InChI is InChI=1S/C14H11N3O4S/c1-21-8-4-2-7(3-5-8)12(18)15-11-9-6-10(14(19)20)22-13(9)17-16-11/h2-6H,1H3,(H,19,20)(H2,15,16,17,18). The van der Waals surface area contributed by atoms with E-state index in [1.807, 2.05) is 0 Å². The molecule has 0 bridgehead atoms. The molecule has 0 aliphatic carbocycles. The Balaban J connectivity index is 1.85. The number of carbonyl (C=O) groups is 2. The minimum atomic E-state index is -1.01. The molecule has 0 spiro atoms. The summed E-state index contributed by atoms with van der Waals surface area (Å²) in [6.07, 6.45) is 0. The summed E-state index contributed by atoms with van der Waals surface area (Å²) in [6.45, 7) is 0. The van der Waals surface area contributed by atoms with Crippen LogP contribution in [0.1, 0.15) is 20.0 Å². The third-order valence-electron chi connectivity index (χ3n) is 3.05. The summed E-state index contributed by atoms with van der Waals surface area (Å²) in [5.74, 6) is -0.386. The van der Waals surface area contributed by atoms with Gasteiger partial charge < -0.3 is 15.2 Å². The quantitative estimate of drug-likeness (QED) is 0.686. The molecule has 3 N–H and O–H groups in total. The van der Waals surface area contributed by atoms with Crippen LogP contribution in [0, 0.1) is 0 Å². The van der Waals surface area contributed by atoms with Gasteiger partial charge in [-0.3, -0.25) is 9.89 Å². The third kappa shape index (κ3) is 2.51. The van der Waals surface area contributed by atoms with Crippen molar-refractivity contribution in [3.63, 3.8) is 0 Å². The van der Waals surface area contributed by atoms with Crippen molar-refractivity contribution in [2.75, 3.05) is 12.4 Å². The van der Waals surface area contributed by atoms with Gasteiger partial charge in [-0.25, -0.2) is 4.79 Å². The second-order valence-electron chi connectivity index (χ2n) is 4.41. The predicted molar refractivity (Wildman–Crippen MR) is 81.9 cm³/mol. The number of carbonyl (C=O) groups excluding carboxylic acids is 1. The van der Waals surface area contributed by atoms with Crippen molar-refractivity contribution in [1.29, 1.82) is 0 Å². The van der Waals surface area contributed by atoms with Gasteiger partial charge >= 0.3 is 5.97 Å². The van der Waals surface area contributed by atoms with Gasteiger partial charge in [0.15, 0.2) is 5.82 Å². The molecule has 0 fully saturated rings. The molecule has 1 aromatic carbocycles. The monoisotopic (exact) mass is 317 g/mol. The summed E-state index contributed by atoms with van der Waals surface area (Å²) in [7, 11) is 1.55. The SMILES string of the molecule is COc1ccc(C(=O)Nc2n[nH]c3sc(C(=O)O)cc23)cc1. The number of aromatic carboxylic acids is 1. The number of methoxy groups -OCH3 is 1. The van der Waals surface area contributed by atoms with Gasteiger partial charge in [0, 0.05) is 5.56 Å². The minimum Gasteiger partial charge on any atom is -0.497 e. The number of rotatable bonds is 4. The van der Waals surface area contributed by atoms with E-state index in [0.717, 1.165) is 11.3 Å². The molecule has 0 radical (unpaired) electrons. The molecule has 0 aliphatic heterocycles. The fourth-order valence-electron chi connectivity index (χ4n) is 1.94. The van der Waals surface area contributed by atoms with E-state index in [4.69, 9.17) is 9.84 Å². The maximum Gasteiger partial charge on any atom is 0.345 e. The number of benzene rings is 1. The van der Waals surface area contributed by atoms with E-state index in [1.54, 1.807) is 31.4 Å². The van der Waals surface area contributed by atoms with E-state index in [0.29, 0.717) is 27.3 Å². The second kappa shape index (κ2) is 5.49. The number of nitrogens with zero attached hydrogens (tertiary/aromatic N) is 1. The highest BCUT2D eigenvalue weighted by molar-refractivity contribution is 7.20. The number of carboxylic acids is 1. The Morgan fingerprint density at radius 3 is 2.68 bits per heavy atom. The predicted octanol–water partition coefficient (Wildman–Crippen LogP) is 2.58. The highest BCUT2D eigenvalue weighted by Crippen LogP contribution is 2.29. The maximum absolute atomic E-state index is 12.2. The Morgan fingerprint density at radius 1 is 1.32 bits per heavy atom. The number of aromatic nitrogens is 2. The molecule has 22 heavy (non-hydrogen) atoms. The first-order chi connectivity index (χ1) is 10.6. The van der Waals surface area contributed by atoms with Crippen LogP contribution in [0.3, 0.4) is 0 Å². The molecular weight excluding hydrogens is 306 g/mol. The smallest absolute Gasteiger partial charge is 0.345 e. The van der Waals surface area contributed by atoms with Crippen LogP contribution in [-0.2, 0) is 0 Å². The zero-order valence-corrected chi connectivity index (χ0v) is 12.2. The molecule has 0 unspecified atom stereocenters. The van der Waals surface area contributed by atoms with Gasteiger partial charge in [0.1, 0.15) is 15.5 Å². The van der Waals surface area contributed by atoms with E-state index in [2.05, 4.69) is 15.5 Å². The summed E-state index contributed by atoms with van der Waals surface area (Å²) < 4.78 is 5.03. The van der Waals surface area contributed by atoms with Crippen LogP contribution in [0.4, 0.5) is 5.82 Å². The molecule has 0 aliphatic rings. The second-order valence-corrected chi connectivity index (χ2v) is 5.47. The topological polar surface area (TPSA) is 104 Å². The van der Waals surface area contributed by atoms with Crippen molar-refractivity contribution < 1.29 is 19.4 Å². The molecule has 112 valence electrons. The zero-order chi connectivity index (χ0) is 15.7. The number of nitrogens with one attached hydrogen (secondary N) is 2. The summed E-state index contributed by atoms with van der Waals surface area (Å²) >= 11 is 1.07. The summed E-state index contributed by atoms with van der Waals surface area (Å²) in [5.41, 5.74) is 0.450. The Morgan fingerprint density at radius 2 is 2.05 bits per heavy atom. The lowest BCUT2D eigenvalue weighted by molar-refractivity contribution is 0.0702. The van der Waals surface area contributed by atoms with E-state index in [-0.39, 0.29) is 10.8 Å². The molecule has 2 aromatic heterocycles. The van der Waals surface area contributed by atoms with Crippen LogP contribution in [0.2, 0.25) is 0 Å². The van der Waals surface area contributed by atoms with Gasteiger partial charge in [-0.15, -0.1) is 11.3 Å². The van der Waals surface area contributed by atoms with Crippen LogP contribution in [0.5, 0.6) is 5.75 Å². The van der Waals surface area contributed by atoms with E-state index in [1.165, 1.54) is 6.07 Å². The van der Waals surface area contributed by atoms with Crippen LogP contribution in [0.25, 0.3) is 10.2 Å². The van der Waals surface area contributed by atoms with Crippen molar-refractivity contribution >= 4 is 39.2 Å². The van der Waals surface area contributed by atoms with Crippen molar-refractivity contribution in [2.24, 2.45) is 0 Å². The summed E-state index contributed by atoms with van der Waals surface area (Å²) in [5, 5.41) is 18.9. The van der Waals surface area contributed by atoms with Gasteiger partial charge in [0.05, 0.1) is 12.5 Å². The third-order valence-corrected chi connectivity index (χ3v) is 4.08. The number of fused-ring (bicyclic) bond motifs is 1. The van der Waals surface area contributed by atoms with Crippen molar-refractivity contribution in [3.8, 4) is 5.75 Å². The van der Waals surface area contributed by atoms with Crippen molar-refractivity contribution in [1.82, 2.24) is 10.2 Å². The molecule has 1 amide bonds. The number of carboxylic acid groups (broad SMARTS) is 1. The van der Waals surface area contributed by atoms with E-state index >= 15 is 0 Å². The van der Waals surface area contributed by atoms with E-state index in [9.17, 15) is 9.59 Å². The molecule has 0 atom stereocenters. The molecule has 0 saturated carbocycles. The Labute approximate surface area is 128 Å². The first-order valence-corrected chi connectivity index (χ1v) is 7.06. The Hall–Kier alpha value is -2.87. The maximum atomic E-state index is 12.2. The first-order valence-electron chi connectivity index (χ1n) is 6.25. The van der Waals surface area contributed by atoms with Gasteiger partial charge in [0.2, 0.25) is 0 Å². The summed E-state index contributed by atoms with van der Waals surface area (Å²) in [6, 6.07) is 8.11. The highest BCUT2D eigenvalue weighted by atomic mass is 32.1. The molecule has 3 aromatic rings. The Bertz CT molecular complexity index is 851. The lowest BCUT2D eigenvalue weighted by Crippen LogP contribution is -2.12. The number of thiophene rings is 1. The first kappa shape index (κ1) is 14.1. The van der Waals surface area contributed by atoms with Crippen LogP contribution in [0.15, 0.2) is 30.3 Å². The molecular formula is C14H11N3O4S. The number of H-pyrrole nitrogens is 1. The number of anilines is 1. The average molecular weight is 317 g/mol. The normalized spacial score (nSPS) is 10.6. The number of amides is 1. The fraction of sp³-hybridized carbons (Fsp3) is 0.0714. The average Bonchev–Trinajstić information content (AvgIpc) is 3.09. The van der Waals surface area contributed by atoms with Crippen molar-refractivity contribution in [3.05, 3.63) is 40.8 Å². The number of ether oxygens (including phenoxy) is 1. The molecule has 7 nitrogen and oxygen atoms in total. The Kier molecular flexibility index (Phi) is 3.51. The van der Waals surface area contributed by atoms with Gasteiger partial charge in [-0.2, -0.15) is 5.10 Å². The molecule has 8 heteroatoms. The lowest BCUT2D eigenvalue weighted by Gasteiger charge is -2.03. The molecule has 2 heterocycles. The largest absolute Gasteiger partial charge is 0.497 e. The van der Waals surface area contributed by atoms with Crippen LogP contribution in [-0.4, -0.2) is 34.3 Å².